The van der Waals surface area contributed by atoms with Crippen LogP contribution in [-0.4, -0.2) is 20.9 Å². The molecule has 1 saturated carbocycles. The van der Waals surface area contributed by atoms with Gasteiger partial charge < -0.3 is 5.32 Å². The molecule has 2 rings (SSSR count). The van der Waals surface area contributed by atoms with E-state index in [0.717, 1.165) is 19.3 Å². The zero-order valence-corrected chi connectivity index (χ0v) is 11.9. The van der Waals surface area contributed by atoms with Crippen LogP contribution in [0.4, 0.5) is 8.78 Å². The van der Waals surface area contributed by atoms with E-state index in [4.69, 9.17) is 10.7 Å². The first kappa shape index (κ1) is 15.2. The van der Waals surface area contributed by atoms with Crippen LogP contribution in [0.3, 0.4) is 0 Å². The molecule has 8 heteroatoms. The van der Waals surface area contributed by atoms with E-state index in [-0.39, 0.29) is 0 Å². The molecule has 0 atom stereocenters. The van der Waals surface area contributed by atoms with Crippen molar-refractivity contribution in [3.63, 3.8) is 0 Å². The number of carbonyl (C=O) groups excluding carboxylic acids is 1. The lowest BCUT2D eigenvalue weighted by atomic mass is 9.85. The van der Waals surface area contributed by atoms with Gasteiger partial charge in [0.25, 0.3) is 15.0 Å². The Morgan fingerprint density at radius 2 is 1.95 bits per heavy atom. The van der Waals surface area contributed by atoms with E-state index in [1.165, 1.54) is 0 Å². The summed E-state index contributed by atoms with van der Waals surface area (Å²) in [6.07, 6.45) is 3.08. The molecule has 4 nitrogen and oxygen atoms in total. The van der Waals surface area contributed by atoms with Crippen molar-refractivity contribution in [3.05, 3.63) is 29.3 Å². The Hall–Kier alpha value is -1.21. The molecule has 20 heavy (non-hydrogen) atoms. The van der Waals surface area contributed by atoms with E-state index in [9.17, 15) is 22.0 Å². The summed E-state index contributed by atoms with van der Waals surface area (Å²) >= 11 is 0. The summed E-state index contributed by atoms with van der Waals surface area (Å²) in [7, 11) is 0.650. The van der Waals surface area contributed by atoms with E-state index in [2.05, 4.69) is 5.32 Å². The van der Waals surface area contributed by atoms with Crippen LogP contribution in [0, 0.1) is 17.6 Å². The summed E-state index contributed by atoms with van der Waals surface area (Å²) in [6.45, 7) is 0.388. The summed E-state index contributed by atoms with van der Waals surface area (Å²) in [6, 6.07) is 0.955. The summed E-state index contributed by atoms with van der Waals surface area (Å²) in [5.41, 5.74) is -0.537. The molecule has 0 aromatic heterocycles. The lowest BCUT2D eigenvalue weighted by molar-refractivity contribution is 0.0934. The SMILES string of the molecule is O=C(NCC1CCC1)c1cc(S(=O)(=O)Cl)c(F)cc1F. The number of halogens is 3. The van der Waals surface area contributed by atoms with Crippen LogP contribution in [-0.2, 0) is 9.05 Å². The Kier molecular flexibility index (Phi) is 4.29. The lowest BCUT2D eigenvalue weighted by Gasteiger charge is -2.25. The molecule has 1 aliphatic carbocycles. The van der Waals surface area contributed by atoms with E-state index in [1.807, 2.05) is 0 Å². The molecule has 1 aromatic rings. The molecule has 0 saturated heterocycles. The van der Waals surface area contributed by atoms with Crippen LogP contribution in [0.15, 0.2) is 17.0 Å². The third kappa shape index (κ3) is 3.27. The van der Waals surface area contributed by atoms with Crippen molar-refractivity contribution >= 4 is 25.6 Å². The van der Waals surface area contributed by atoms with Gasteiger partial charge in [0, 0.05) is 23.3 Å². The number of hydrogen-bond donors (Lipinski definition) is 1. The zero-order chi connectivity index (χ0) is 14.9. The minimum absolute atomic E-state index is 0.341. The van der Waals surface area contributed by atoms with Gasteiger partial charge in [-0.2, -0.15) is 0 Å². The van der Waals surface area contributed by atoms with Crippen molar-refractivity contribution in [2.24, 2.45) is 5.92 Å². The Morgan fingerprint density at radius 3 is 2.45 bits per heavy atom. The highest BCUT2D eigenvalue weighted by atomic mass is 35.7. The highest BCUT2D eigenvalue weighted by molar-refractivity contribution is 8.13. The van der Waals surface area contributed by atoms with Crippen molar-refractivity contribution in [1.29, 1.82) is 0 Å². The molecule has 1 aromatic carbocycles. The average molecular weight is 324 g/mol. The highest BCUT2D eigenvalue weighted by Crippen LogP contribution is 2.26. The first-order valence-electron chi connectivity index (χ1n) is 6.01. The summed E-state index contributed by atoms with van der Waals surface area (Å²) < 4.78 is 49.1. The van der Waals surface area contributed by atoms with Crippen molar-refractivity contribution in [2.75, 3.05) is 6.54 Å². The van der Waals surface area contributed by atoms with E-state index < -0.39 is 37.1 Å². The second-order valence-electron chi connectivity index (χ2n) is 4.71. The van der Waals surface area contributed by atoms with Gasteiger partial charge in [-0.3, -0.25) is 4.79 Å². The van der Waals surface area contributed by atoms with Gasteiger partial charge in [0.2, 0.25) is 0 Å². The van der Waals surface area contributed by atoms with Crippen LogP contribution >= 0.6 is 10.7 Å². The predicted molar refractivity (Wildman–Crippen MR) is 69.1 cm³/mol. The predicted octanol–water partition coefficient (Wildman–Crippen LogP) is 2.42. The standard InChI is InChI=1S/C12H12ClF2NO3S/c13-20(18,19)11-4-8(9(14)5-10(11)15)12(17)16-6-7-2-1-3-7/h4-5,7H,1-3,6H2,(H,16,17). The van der Waals surface area contributed by atoms with Crippen molar-refractivity contribution < 1.29 is 22.0 Å². The third-order valence-corrected chi connectivity index (χ3v) is 4.64. The molecule has 1 amide bonds. The van der Waals surface area contributed by atoms with Gasteiger partial charge in [0.1, 0.15) is 16.5 Å². The maximum absolute atomic E-state index is 13.6. The molecule has 1 aliphatic rings. The Morgan fingerprint density at radius 1 is 1.30 bits per heavy atom. The third-order valence-electron chi connectivity index (χ3n) is 3.30. The van der Waals surface area contributed by atoms with Crippen LogP contribution < -0.4 is 5.32 Å². The van der Waals surface area contributed by atoms with Crippen LogP contribution in [0.25, 0.3) is 0 Å². The number of rotatable bonds is 4. The van der Waals surface area contributed by atoms with E-state index in [1.54, 1.807) is 0 Å². The normalized spacial score (nSPS) is 15.8. The summed E-state index contributed by atoms with van der Waals surface area (Å²) in [5, 5.41) is 2.50. The van der Waals surface area contributed by atoms with Crippen molar-refractivity contribution in [3.8, 4) is 0 Å². The molecule has 0 unspecified atom stereocenters. The molecule has 1 fully saturated rings. The maximum Gasteiger partial charge on any atom is 0.264 e. The molecule has 0 bridgehead atoms. The van der Waals surface area contributed by atoms with E-state index in [0.29, 0.717) is 24.6 Å². The first-order chi connectivity index (χ1) is 9.29. The molecular formula is C12H12ClF2NO3S. The molecular weight excluding hydrogens is 312 g/mol. The fraction of sp³-hybridized carbons (Fsp3) is 0.417. The topological polar surface area (TPSA) is 63.2 Å². The molecule has 110 valence electrons. The second kappa shape index (κ2) is 5.65. The van der Waals surface area contributed by atoms with Gasteiger partial charge in [-0.05, 0) is 24.8 Å². The molecule has 0 aliphatic heterocycles. The largest absolute Gasteiger partial charge is 0.352 e. The van der Waals surface area contributed by atoms with Crippen LogP contribution in [0.1, 0.15) is 29.6 Å². The minimum atomic E-state index is -4.38. The number of hydrogen-bond acceptors (Lipinski definition) is 3. The second-order valence-corrected chi connectivity index (χ2v) is 7.24. The number of amides is 1. The van der Waals surface area contributed by atoms with Crippen molar-refractivity contribution in [1.82, 2.24) is 5.32 Å². The van der Waals surface area contributed by atoms with Gasteiger partial charge >= 0.3 is 0 Å². The van der Waals surface area contributed by atoms with Gasteiger partial charge in [0.05, 0.1) is 5.56 Å². The number of nitrogens with one attached hydrogen (secondary N) is 1. The molecule has 0 radical (unpaired) electrons. The highest BCUT2D eigenvalue weighted by Gasteiger charge is 2.24. The number of benzene rings is 1. The monoisotopic (exact) mass is 323 g/mol. The zero-order valence-electron chi connectivity index (χ0n) is 10.3. The fourth-order valence-corrected chi connectivity index (χ4v) is 2.82. The maximum atomic E-state index is 13.6. The molecule has 0 heterocycles. The van der Waals surface area contributed by atoms with Gasteiger partial charge in [-0.25, -0.2) is 17.2 Å². The Labute approximate surface area is 119 Å². The quantitative estimate of drug-likeness (QED) is 0.866. The average Bonchev–Trinajstić information content (AvgIpc) is 2.24. The van der Waals surface area contributed by atoms with Gasteiger partial charge in [-0.1, -0.05) is 6.42 Å². The summed E-state index contributed by atoms with van der Waals surface area (Å²) in [5.74, 6) is -2.87. The smallest absolute Gasteiger partial charge is 0.264 e. The lowest BCUT2D eigenvalue weighted by Crippen LogP contribution is -2.32. The van der Waals surface area contributed by atoms with Gasteiger partial charge in [0.15, 0.2) is 0 Å². The van der Waals surface area contributed by atoms with Crippen LogP contribution in [0.2, 0.25) is 0 Å². The Bertz CT molecular complexity index is 644. The van der Waals surface area contributed by atoms with Gasteiger partial charge in [-0.15, -0.1) is 0 Å². The molecule has 1 N–H and O–H groups in total. The number of carbonyl (C=O) groups is 1. The van der Waals surface area contributed by atoms with E-state index >= 15 is 0 Å². The summed E-state index contributed by atoms with van der Waals surface area (Å²) in [4.78, 5) is 10.9. The van der Waals surface area contributed by atoms with Crippen LogP contribution in [0.5, 0.6) is 0 Å². The minimum Gasteiger partial charge on any atom is -0.352 e. The fourth-order valence-electron chi connectivity index (χ4n) is 1.92. The first-order valence-corrected chi connectivity index (χ1v) is 8.32. The van der Waals surface area contributed by atoms with Crippen molar-refractivity contribution in [2.45, 2.75) is 24.2 Å². The molecule has 0 spiro atoms. The Balaban J connectivity index is 2.23.